The fourth-order valence-electron chi connectivity index (χ4n) is 2.83. The SMILES string of the molecule is N#CC(=NNc1cccc2ccccc12)c1nc(-c2ccc([N+](=O)[O-])cc2)cs1. The van der Waals surface area contributed by atoms with E-state index in [-0.39, 0.29) is 11.4 Å². The van der Waals surface area contributed by atoms with E-state index < -0.39 is 4.92 Å². The number of thiazole rings is 1. The normalized spacial score (nSPS) is 11.2. The van der Waals surface area contributed by atoms with Crippen molar-refractivity contribution in [3.63, 3.8) is 0 Å². The number of nitro groups is 1. The highest BCUT2D eigenvalue weighted by Gasteiger charge is 2.12. The fourth-order valence-corrected chi connectivity index (χ4v) is 3.59. The molecule has 1 aromatic heterocycles. The molecule has 0 aliphatic heterocycles. The lowest BCUT2D eigenvalue weighted by Crippen LogP contribution is -2.01. The molecule has 0 atom stereocenters. The first kappa shape index (κ1) is 18.3. The molecular formula is C21H13N5O2S. The van der Waals surface area contributed by atoms with Crippen LogP contribution in [0.25, 0.3) is 22.0 Å². The average Bonchev–Trinajstić information content (AvgIpc) is 3.24. The number of hydrogen-bond donors (Lipinski definition) is 1. The van der Waals surface area contributed by atoms with Crippen molar-refractivity contribution in [1.82, 2.24) is 4.98 Å². The molecule has 0 amide bonds. The summed E-state index contributed by atoms with van der Waals surface area (Å²) < 4.78 is 0. The van der Waals surface area contributed by atoms with Crippen LogP contribution in [0.2, 0.25) is 0 Å². The molecule has 0 unspecified atom stereocenters. The van der Waals surface area contributed by atoms with Crippen LogP contribution in [0.15, 0.2) is 77.2 Å². The van der Waals surface area contributed by atoms with Gasteiger partial charge in [0.15, 0.2) is 10.7 Å². The van der Waals surface area contributed by atoms with Crippen LogP contribution >= 0.6 is 11.3 Å². The zero-order chi connectivity index (χ0) is 20.2. The third-order valence-electron chi connectivity index (χ3n) is 4.26. The van der Waals surface area contributed by atoms with Crippen molar-refractivity contribution >= 4 is 39.2 Å². The van der Waals surface area contributed by atoms with Gasteiger partial charge in [-0.25, -0.2) is 4.98 Å². The number of anilines is 1. The average molecular weight is 399 g/mol. The third kappa shape index (κ3) is 3.81. The Hall–Kier alpha value is -4.09. The standard InChI is InChI=1S/C21H13N5O2S/c22-12-19(25-24-18-7-3-5-14-4-1-2-6-17(14)18)21-23-20(13-29-21)15-8-10-16(11-9-15)26(27)28/h1-11,13,24H. The summed E-state index contributed by atoms with van der Waals surface area (Å²) in [5.41, 5.74) is 5.30. The molecule has 0 saturated carbocycles. The number of nitrogens with one attached hydrogen (secondary N) is 1. The van der Waals surface area contributed by atoms with Gasteiger partial charge in [0.25, 0.3) is 5.69 Å². The first-order valence-electron chi connectivity index (χ1n) is 8.58. The fraction of sp³-hybridized carbons (Fsp3) is 0. The Balaban J connectivity index is 1.60. The highest BCUT2D eigenvalue weighted by atomic mass is 32.1. The number of nitrogens with zero attached hydrogens (tertiary/aromatic N) is 4. The van der Waals surface area contributed by atoms with E-state index >= 15 is 0 Å². The summed E-state index contributed by atoms with van der Waals surface area (Å²) in [6.07, 6.45) is 0. The third-order valence-corrected chi connectivity index (χ3v) is 5.11. The number of fused-ring (bicyclic) bond motifs is 1. The lowest BCUT2D eigenvalue weighted by atomic mass is 10.1. The van der Waals surface area contributed by atoms with Gasteiger partial charge in [0.2, 0.25) is 0 Å². The quantitative estimate of drug-likeness (QED) is 0.282. The van der Waals surface area contributed by atoms with E-state index in [0.29, 0.717) is 10.7 Å². The van der Waals surface area contributed by atoms with Crippen molar-refractivity contribution in [2.45, 2.75) is 0 Å². The molecule has 0 fully saturated rings. The summed E-state index contributed by atoms with van der Waals surface area (Å²) in [4.78, 5) is 14.8. The molecule has 8 heteroatoms. The number of nitro benzene ring substituents is 1. The molecule has 4 rings (SSSR count). The number of hydrogen-bond acceptors (Lipinski definition) is 7. The predicted molar refractivity (Wildman–Crippen MR) is 114 cm³/mol. The monoisotopic (exact) mass is 399 g/mol. The van der Waals surface area contributed by atoms with Crippen molar-refractivity contribution < 1.29 is 4.92 Å². The summed E-state index contributed by atoms with van der Waals surface area (Å²) >= 11 is 1.29. The van der Waals surface area contributed by atoms with Gasteiger partial charge in [0.1, 0.15) is 6.07 Å². The molecule has 3 aromatic carbocycles. The first-order chi connectivity index (χ1) is 14.2. The summed E-state index contributed by atoms with van der Waals surface area (Å²) in [6, 6.07) is 21.9. The largest absolute Gasteiger partial charge is 0.276 e. The van der Waals surface area contributed by atoms with Gasteiger partial charge in [0.05, 0.1) is 16.3 Å². The lowest BCUT2D eigenvalue weighted by molar-refractivity contribution is -0.384. The Morgan fingerprint density at radius 1 is 1.10 bits per heavy atom. The van der Waals surface area contributed by atoms with Crippen LogP contribution in [-0.2, 0) is 0 Å². The number of benzene rings is 3. The zero-order valence-corrected chi connectivity index (χ0v) is 15.8. The molecular weight excluding hydrogens is 386 g/mol. The van der Waals surface area contributed by atoms with E-state index in [1.54, 1.807) is 17.5 Å². The Morgan fingerprint density at radius 3 is 2.62 bits per heavy atom. The smallest absolute Gasteiger partial charge is 0.269 e. The summed E-state index contributed by atoms with van der Waals surface area (Å²) in [7, 11) is 0. The summed E-state index contributed by atoms with van der Waals surface area (Å²) in [6.45, 7) is 0. The minimum Gasteiger partial charge on any atom is -0.276 e. The van der Waals surface area contributed by atoms with E-state index in [2.05, 4.69) is 21.6 Å². The van der Waals surface area contributed by atoms with Gasteiger partial charge in [-0.1, -0.05) is 36.4 Å². The molecule has 1 heterocycles. The number of nitriles is 1. The van der Waals surface area contributed by atoms with Gasteiger partial charge in [0, 0.05) is 28.5 Å². The van der Waals surface area contributed by atoms with Crippen LogP contribution < -0.4 is 5.43 Å². The maximum atomic E-state index is 10.8. The van der Waals surface area contributed by atoms with Crippen LogP contribution in [0.1, 0.15) is 5.01 Å². The molecule has 0 saturated heterocycles. The number of non-ortho nitro benzene ring substituents is 1. The number of aromatic nitrogens is 1. The summed E-state index contributed by atoms with van der Waals surface area (Å²) in [5, 5.41) is 28.9. The molecule has 7 nitrogen and oxygen atoms in total. The number of hydrazone groups is 1. The Kier molecular flexibility index (Phi) is 4.97. The van der Waals surface area contributed by atoms with Crippen molar-refractivity contribution in [3.8, 4) is 17.3 Å². The molecule has 29 heavy (non-hydrogen) atoms. The van der Waals surface area contributed by atoms with Crippen molar-refractivity contribution in [2.24, 2.45) is 5.10 Å². The molecule has 0 radical (unpaired) electrons. The van der Waals surface area contributed by atoms with E-state index in [1.807, 2.05) is 42.5 Å². The van der Waals surface area contributed by atoms with Crippen LogP contribution in [-0.4, -0.2) is 15.6 Å². The second-order valence-electron chi connectivity index (χ2n) is 6.05. The topological polar surface area (TPSA) is 104 Å². The van der Waals surface area contributed by atoms with E-state index in [1.165, 1.54) is 23.5 Å². The zero-order valence-electron chi connectivity index (χ0n) is 14.9. The van der Waals surface area contributed by atoms with Gasteiger partial charge in [-0.15, -0.1) is 11.3 Å². The lowest BCUT2D eigenvalue weighted by Gasteiger charge is -2.05. The molecule has 4 aromatic rings. The minimum atomic E-state index is -0.449. The van der Waals surface area contributed by atoms with Crippen LogP contribution in [0, 0.1) is 21.4 Å². The van der Waals surface area contributed by atoms with E-state index in [9.17, 15) is 15.4 Å². The predicted octanol–water partition coefficient (Wildman–Crippen LogP) is 5.21. The van der Waals surface area contributed by atoms with E-state index in [4.69, 9.17) is 0 Å². The number of rotatable bonds is 5. The van der Waals surface area contributed by atoms with Crippen molar-refractivity contribution in [3.05, 3.63) is 87.2 Å². The Bertz CT molecular complexity index is 1270. The van der Waals surface area contributed by atoms with Crippen LogP contribution in [0.3, 0.4) is 0 Å². The van der Waals surface area contributed by atoms with Crippen LogP contribution in [0.5, 0.6) is 0 Å². The van der Waals surface area contributed by atoms with Gasteiger partial charge in [-0.2, -0.15) is 10.4 Å². The second-order valence-corrected chi connectivity index (χ2v) is 6.91. The van der Waals surface area contributed by atoms with Crippen molar-refractivity contribution in [1.29, 1.82) is 5.26 Å². The van der Waals surface area contributed by atoms with E-state index in [0.717, 1.165) is 22.0 Å². The molecule has 0 aliphatic carbocycles. The molecule has 140 valence electrons. The maximum Gasteiger partial charge on any atom is 0.269 e. The summed E-state index contributed by atoms with van der Waals surface area (Å²) in [5.74, 6) is 0. The minimum absolute atomic E-state index is 0.0165. The van der Waals surface area contributed by atoms with Crippen LogP contribution in [0.4, 0.5) is 11.4 Å². The first-order valence-corrected chi connectivity index (χ1v) is 9.46. The molecule has 1 N–H and O–H groups in total. The molecule has 0 bridgehead atoms. The highest BCUT2D eigenvalue weighted by molar-refractivity contribution is 7.12. The van der Waals surface area contributed by atoms with Gasteiger partial charge < -0.3 is 0 Å². The second kappa shape index (κ2) is 7.88. The van der Waals surface area contributed by atoms with Gasteiger partial charge >= 0.3 is 0 Å². The molecule has 0 spiro atoms. The Labute approximate surface area is 169 Å². The molecule has 0 aliphatic rings. The highest BCUT2D eigenvalue weighted by Crippen LogP contribution is 2.25. The Morgan fingerprint density at radius 2 is 1.86 bits per heavy atom. The van der Waals surface area contributed by atoms with Gasteiger partial charge in [-0.3, -0.25) is 15.5 Å². The van der Waals surface area contributed by atoms with Crippen molar-refractivity contribution in [2.75, 3.05) is 5.43 Å². The van der Waals surface area contributed by atoms with Gasteiger partial charge in [-0.05, 0) is 23.6 Å². The maximum absolute atomic E-state index is 10.8.